The third-order valence-electron chi connectivity index (χ3n) is 5.83. The molecular weight excluding hydrogens is 510 g/mol. The van der Waals surface area contributed by atoms with E-state index in [0.717, 1.165) is 54.6 Å². The van der Waals surface area contributed by atoms with Crippen molar-refractivity contribution in [3.63, 3.8) is 0 Å². The van der Waals surface area contributed by atoms with Crippen LogP contribution in [0.4, 0.5) is 0 Å². The Kier molecular flexibility index (Phi) is 9.24. The predicted octanol–water partition coefficient (Wildman–Crippen LogP) is 7.76. The number of thioether (sulfide) groups is 1. The van der Waals surface area contributed by atoms with Gasteiger partial charge in [-0.2, -0.15) is 5.10 Å². The summed E-state index contributed by atoms with van der Waals surface area (Å²) >= 11 is 13.4. The SMILES string of the molecule is CCCCCCN1C(=O)/C(=C/c2cn(-c3ccccc3)nc2-c2ccc(OCCC)c(Cl)c2)SC1=S. The average molecular weight is 540 g/mol. The Hall–Kier alpha value is -2.61. The minimum Gasteiger partial charge on any atom is -0.492 e. The summed E-state index contributed by atoms with van der Waals surface area (Å²) in [6.45, 7) is 5.49. The van der Waals surface area contributed by atoms with Gasteiger partial charge in [0.1, 0.15) is 15.8 Å². The van der Waals surface area contributed by atoms with Gasteiger partial charge in [-0.05, 0) is 49.2 Å². The Bertz CT molecular complexity index is 1260. The zero-order valence-corrected chi connectivity index (χ0v) is 23.0. The molecule has 3 aromatic rings. The first-order valence-corrected chi connectivity index (χ1v) is 13.9. The number of para-hydroxylation sites is 1. The van der Waals surface area contributed by atoms with Crippen molar-refractivity contribution >= 4 is 51.9 Å². The zero-order chi connectivity index (χ0) is 25.5. The van der Waals surface area contributed by atoms with Crippen molar-refractivity contribution in [2.24, 2.45) is 0 Å². The molecule has 188 valence electrons. The van der Waals surface area contributed by atoms with Gasteiger partial charge in [-0.15, -0.1) is 0 Å². The van der Waals surface area contributed by atoms with E-state index in [9.17, 15) is 4.79 Å². The van der Waals surface area contributed by atoms with Crippen LogP contribution in [-0.4, -0.2) is 38.1 Å². The first-order chi connectivity index (χ1) is 17.5. The van der Waals surface area contributed by atoms with Crippen molar-refractivity contribution in [2.75, 3.05) is 13.2 Å². The molecule has 1 amide bonds. The van der Waals surface area contributed by atoms with Crippen molar-refractivity contribution < 1.29 is 9.53 Å². The maximum atomic E-state index is 13.2. The third kappa shape index (κ3) is 6.20. The molecule has 2 heterocycles. The number of benzene rings is 2. The molecule has 2 aromatic carbocycles. The number of rotatable bonds is 11. The molecule has 1 fully saturated rings. The monoisotopic (exact) mass is 539 g/mol. The molecule has 0 bridgehead atoms. The number of hydrogen-bond donors (Lipinski definition) is 0. The summed E-state index contributed by atoms with van der Waals surface area (Å²) in [5, 5.41) is 5.39. The highest BCUT2D eigenvalue weighted by molar-refractivity contribution is 8.26. The van der Waals surface area contributed by atoms with E-state index >= 15 is 0 Å². The normalized spacial score (nSPS) is 14.8. The molecular formula is C28H30ClN3O2S2. The van der Waals surface area contributed by atoms with Crippen LogP contribution in [0.5, 0.6) is 5.75 Å². The summed E-state index contributed by atoms with van der Waals surface area (Å²) in [5.41, 5.74) is 3.33. The van der Waals surface area contributed by atoms with Gasteiger partial charge in [0.25, 0.3) is 5.91 Å². The van der Waals surface area contributed by atoms with Crippen LogP contribution in [0, 0.1) is 0 Å². The lowest BCUT2D eigenvalue weighted by molar-refractivity contribution is -0.122. The van der Waals surface area contributed by atoms with Crippen molar-refractivity contribution in [2.45, 2.75) is 46.0 Å². The molecule has 5 nitrogen and oxygen atoms in total. The number of carbonyl (C=O) groups is 1. The lowest BCUT2D eigenvalue weighted by Gasteiger charge is -2.13. The quantitative estimate of drug-likeness (QED) is 0.141. The summed E-state index contributed by atoms with van der Waals surface area (Å²) in [4.78, 5) is 15.5. The summed E-state index contributed by atoms with van der Waals surface area (Å²) in [7, 11) is 0. The number of carbonyl (C=O) groups excluding carboxylic acids is 1. The number of amides is 1. The van der Waals surface area contributed by atoms with Crippen LogP contribution in [0.15, 0.2) is 59.6 Å². The van der Waals surface area contributed by atoms with Gasteiger partial charge < -0.3 is 4.74 Å². The van der Waals surface area contributed by atoms with Gasteiger partial charge in [0, 0.05) is 23.9 Å². The summed E-state index contributed by atoms with van der Waals surface area (Å²) in [5.74, 6) is 0.608. The van der Waals surface area contributed by atoms with Crippen molar-refractivity contribution in [3.8, 4) is 22.7 Å². The Morgan fingerprint density at radius 1 is 1.08 bits per heavy atom. The fourth-order valence-electron chi connectivity index (χ4n) is 3.94. The van der Waals surface area contributed by atoms with E-state index in [0.29, 0.717) is 33.1 Å². The summed E-state index contributed by atoms with van der Waals surface area (Å²) < 4.78 is 8.17. The fourth-order valence-corrected chi connectivity index (χ4v) is 5.47. The number of thiocarbonyl (C=S) groups is 1. The molecule has 0 N–H and O–H groups in total. The molecule has 4 rings (SSSR count). The van der Waals surface area contributed by atoms with Gasteiger partial charge in [-0.25, -0.2) is 4.68 Å². The Morgan fingerprint density at radius 2 is 1.89 bits per heavy atom. The molecule has 1 saturated heterocycles. The number of ether oxygens (including phenoxy) is 1. The summed E-state index contributed by atoms with van der Waals surface area (Å²) in [6.07, 6.45) is 9.10. The number of halogens is 1. The maximum Gasteiger partial charge on any atom is 0.266 e. The van der Waals surface area contributed by atoms with Gasteiger partial charge >= 0.3 is 0 Å². The lowest BCUT2D eigenvalue weighted by atomic mass is 10.1. The fraction of sp³-hybridized carbons (Fsp3) is 0.321. The second-order valence-electron chi connectivity index (χ2n) is 8.60. The van der Waals surface area contributed by atoms with Crippen molar-refractivity contribution in [1.82, 2.24) is 14.7 Å². The topological polar surface area (TPSA) is 47.4 Å². The first-order valence-electron chi connectivity index (χ1n) is 12.3. The second kappa shape index (κ2) is 12.6. The van der Waals surface area contributed by atoms with Gasteiger partial charge in [0.15, 0.2) is 0 Å². The third-order valence-corrected chi connectivity index (χ3v) is 7.50. The maximum absolute atomic E-state index is 13.2. The van der Waals surface area contributed by atoms with E-state index in [1.807, 2.05) is 65.5 Å². The highest BCUT2D eigenvalue weighted by atomic mass is 35.5. The summed E-state index contributed by atoms with van der Waals surface area (Å²) in [6, 6.07) is 15.6. The van der Waals surface area contributed by atoms with Gasteiger partial charge in [0.2, 0.25) is 0 Å². The van der Waals surface area contributed by atoms with Crippen LogP contribution in [-0.2, 0) is 4.79 Å². The highest BCUT2D eigenvalue weighted by Gasteiger charge is 2.32. The predicted molar refractivity (Wildman–Crippen MR) is 154 cm³/mol. The van der Waals surface area contributed by atoms with Crippen LogP contribution in [0.3, 0.4) is 0 Å². The molecule has 8 heteroatoms. The van der Waals surface area contributed by atoms with Gasteiger partial charge in [-0.3, -0.25) is 9.69 Å². The molecule has 1 aliphatic heterocycles. The van der Waals surface area contributed by atoms with E-state index in [-0.39, 0.29) is 5.91 Å². The molecule has 0 atom stereocenters. The standard InChI is InChI=1S/C28H30ClN3O2S2/c1-3-5-6-10-15-31-27(33)25(36-28(31)35)18-21-19-32(22-11-8-7-9-12-22)30-26(21)20-13-14-24(23(29)17-20)34-16-4-2/h7-9,11-14,17-19H,3-6,10,15-16H2,1-2H3/b25-18-. The number of hydrogen-bond acceptors (Lipinski definition) is 5. The van der Waals surface area contributed by atoms with Gasteiger partial charge in [0.05, 0.1) is 22.2 Å². The van der Waals surface area contributed by atoms with E-state index in [4.69, 9.17) is 33.7 Å². The van der Waals surface area contributed by atoms with Crippen LogP contribution < -0.4 is 4.74 Å². The molecule has 0 saturated carbocycles. The smallest absolute Gasteiger partial charge is 0.266 e. The number of nitrogens with zero attached hydrogens (tertiary/aromatic N) is 3. The van der Waals surface area contributed by atoms with Crippen LogP contribution in [0.25, 0.3) is 23.0 Å². The first kappa shape index (κ1) is 26.5. The number of aromatic nitrogens is 2. The zero-order valence-electron chi connectivity index (χ0n) is 20.6. The molecule has 0 aliphatic carbocycles. The number of unbranched alkanes of at least 4 members (excludes halogenated alkanes) is 3. The molecule has 1 aliphatic rings. The van der Waals surface area contributed by atoms with Gasteiger partial charge in [-0.1, -0.05) is 86.9 Å². The van der Waals surface area contributed by atoms with E-state index in [1.165, 1.54) is 11.8 Å². The van der Waals surface area contributed by atoms with E-state index < -0.39 is 0 Å². The molecule has 0 unspecified atom stereocenters. The largest absolute Gasteiger partial charge is 0.492 e. The van der Waals surface area contributed by atoms with Crippen molar-refractivity contribution in [3.05, 3.63) is 70.2 Å². The van der Waals surface area contributed by atoms with E-state index in [1.54, 1.807) is 4.90 Å². The molecule has 1 aromatic heterocycles. The molecule has 0 spiro atoms. The second-order valence-corrected chi connectivity index (χ2v) is 10.7. The Labute approximate surface area is 227 Å². The average Bonchev–Trinajstić information content (AvgIpc) is 3.42. The Morgan fingerprint density at radius 3 is 2.61 bits per heavy atom. The van der Waals surface area contributed by atoms with E-state index in [2.05, 4.69) is 13.8 Å². The molecule has 36 heavy (non-hydrogen) atoms. The van der Waals surface area contributed by atoms with Crippen LogP contribution >= 0.6 is 35.6 Å². The Balaban J connectivity index is 1.68. The minimum absolute atomic E-state index is 0.0405. The lowest BCUT2D eigenvalue weighted by Crippen LogP contribution is -2.29. The minimum atomic E-state index is -0.0405. The van der Waals surface area contributed by atoms with Crippen LogP contribution in [0.2, 0.25) is 5.02 Å². The van der Waals surface area contributed by atoms with Crippen molar-refractivity contribution in [1.29, 1.82) is 0 Å². The highest BCUT2D eigenvalue weighted by Crippen LogP contribution is 2.36. The molecule has 0 radical (unpaired) electrons. The van der Waals surface area contributed by atoms with Crippen LogP contribution in [0.1, 0.15) is 51.5 Å².